The number of nitrogens with zero attached hydrogens (tertiary/aromatic N) is 1. The van der Waals surface area contributed by atoms with Crippen molar-refractivity contribution in [2.24, 2.45) is 5.10 Å². The lowest BCUT2D eigenvalue weighted by Crippen LogP contribution is -2.18. The Morgan fingerprint density at radius 1 is 0.929 bits per heavy atom. The summed E-state index contributed by atoms with van der Waals surface area (Å²) in [6.07, 6.45) is 1.51. The van der Waals surface area contributed by atoms with E-state index in [4.69, 9.17) is 16.3 Å². The molecule has 0 bridgehead atoms. The summed E-state index contributed by atoms with van der Waals surface area (Å²) < 4.78 is 6.16. The third kappa shape index (κ3) is 5.17. The van der Waals surface area contributed by atoms with Crippen LogP contribution in [0.2, 0.25) is 5.02 Å². The van der Waals surface area contributed by atoms with Crippen molar-refractivity contribution in [2.75, 3.05) is 0 Å². The number of benzene rings is 3. The largest absolute Gasteiger partial charge is 0.423 e. The molecule has 3 rings (SSSR count). The summed E-state index contributed by atoms with van der Waals surface area (Å²) in [7, 11) is 0. The van der Waals surface area contributed by atoms with E-state index in [1.807, 2.05) is 12.1 Å². The molecule has 28 heavy (non-hydrogen) atoms. The van der Waals surface area contributed by atoms with Gasteiger partial charge in [-0.15, -0.1) is 0 Å². The van der Waals surface area contributed by atoms with Gasteiger partial charge >= 0.3 is 5.97 Å². The minimum atomic E-state index is -0.531. The molecule has 0 saturated heterocycles. The van der Waals surface area contributed by atoms with E-state index in [1.165, 1.54) is 6.21 Å². The number of nitrogens with one attached hydrogen (secondary N) is 1. The smallest absolute Gasteiger partial charge is 0.345 e. The number of carbonyl (C=O) groups is 2. The van der Waals surface area contributed by atoms with Gasteiger partial charge in [0.15, 0.2) is 0 Å². The van der Waals surface area contributed by atoms with Crippen LogP contribution in [0.15, 0.2) is 77.9 Å². The molecule has 140 valence electrons. The maximum atomic E-state index is 12.1. The van der Waals surface area contributed by atoms with Crippen LogP contribution in [0.1, 0.15) is 26.3 Å². The second-order valence-electron chi connectivity index (χ2n) is 5.62. The molecule has 0 saturated carbocycles. The molecule has 0 aliphatic rings. The van der Waals surface area contributed by atoms with Crippen molar-refractivity contribution in [1.29, 1.82) is 0 Å². The quantitative estimate of drug-likeness (QED) is 0.176. The first-order valence-corrected chi connectivity index (χ1v) is 9.65. The number of hydrogen-bond donors (Lipinski definition) is 1. The monoisotopic (exact) mass is 504 g/mol. The number of rotatable bonds is 5. The van der Waals surface area contributed by atoms with Crippen LogP contribution in [-0.2, 0) is 0 Å². The lowest BCUT2D eigenvalue weighted by Gasteiger charge is -2.06. The molecule has 1 N–H and O–H groups in total. The molecule has 0 aromatic heterocycles. The Hall–Kier alpha value is -2.71. The minimum Gasteiger partial charge on any atom is -0.423 e. The van der Waals surface area contributed by atoms with Gasteiger partial charge < -0.3 is 4.74 Å². The van der Waals surface area contributed by atoms with Gasteiger partial charge in [-0.1, -0.05) is 35.9 Å². The lowest BCUT2D eigenvalue weighted by atomic mass is 10.2. The zero-order chi connectivity index (χ0) is 19.9. The molecule has 1 amide bonds. The Balaban J connectivity index is 1.59. The van der Waals surface area contributed by atoms with E-state index in [1.54, 1.807) is 60.7 Å². The number of esters is 1. The van der Waals surface area contributed by atoms with E-state index in [2.05, 4.69) is 33.1 Å². The summed E-state index contributed by atoms with van der Waals surface area (Å²) in [6.45, 7) is 0. The highest BCUT2D eigenvalue weighted by molar-refractivity contribution is 14.1. The van der Waals surface area contributed by atoms with Gasteiger partial charge in [-0.05, 0) is 76.7 Å². The molecule has 0 radical (unpaired) electrons. The van der Waals surface area contributed by atoms with Crippen molar-refractivity contribution >= 4 is 52.3 Å². The third-order valence-electron chi connectivity index (χ3n) is 3.68. The first kappa shape index (κ1) is 20.0. The fourth-order valence-corrected chi connectivity index (χ4v) is 3.13. The van der Waals surface area contributed by atoms with Crippen LogP contribution in [0.3, 0.4) is 0 Å². The van der Waals surface area contributed by atoms with Crippen molar-refractivity contribution in [1.82, 2.24) is 5.43 Å². The first-order valence-electron chi connectivity index (χ1n) is 8.19. The van der Waals surface area contributed by atoms with Gasteiger partial charge in [-0.3, -0.25) is 4.79 Å². The van der Waals surface area contributed by atoms with Crippen LogP contribution in [-0.4, -0.2) is 18.1 Å². The van der Waals surface area contributed by atoms with Crippen molar-refractivity contribution in [3.05, 3.63) is 98.1 Å². The van der Waals surface area contributed by atoms with Crippen molar-refractivity contribution in [3.63, 3.8) is 0 Å². The molecule has 0 aliphatic heterocycles. The molecule has 3 aromatic carbocycles. The first-order chi connectivity index (χ1) is 13.5. The maximum absolute atomic E-state index is 12.1. The molecule has 0 spiro atoms. The Bertz CT molecular complexity index is 1040. The molecular formula is C21H14ClIN2O3. The zero-order valence-corrected chi connectivity index (χ0v) is 17.3. The summed E-state index contributed by atoms with van der Waals surface area (Å²) in [5, 5.41) is 4.29. The molecule has 0 fully saturated rings. The third-order valence-corrected chi connectivity index (χ3v) is 4.95. The van der Waals surface area contributed by atoms with Gasteiger partial charge in [0.1, 0.15) is 5.75 Å². The normalized spacial score (nSPS) is 10.6. The van der Waals surface area contributed by atoms with Crippen LogP contribution in [0, 0.1) is 3.57 Å². The fraction of sp³-hybridized carbons (Fsp3) is 0. The number of hydrazone groups is 1. The predicted octanol–water partition coefficient (Wildman–Crippen LogP) is 4.93. The number of ether oxygens (including phenoxy) is 1. The number of halogens is 2. The highest BCUT2D eigenvalue weighted by atomic mass is 127. The summed E-state index contributed by atoms with van der Waals surface area (Å²) in [6, 6.07) is 20.6. The number of hydrogen-bond acceptors (Lipinski definition) is 4. The second-order valence-corrected chi connectivity index (χ2v) is 7.19. The van der Waals surface area contributed by atoms with Crippen LogP contribution in [0.4, 0.5) is 0 Å². The molecule has 0 atom stereocenters. The highest BCUT2D eigenvalue weighted by Gasteiger charge is 2.12. The summed E-state index contributed by atoms with van der Waals surface area (Å²) in [5.41, 5.74) is 4.08. The fourth-order valence-electron chi connectivity index (χ4n) is 2.28. The standard InChI is InChI=1S/C21H14ClIN2O3/c22-18-7-3-1-5-16(18)21(27)28-15-11-9-14(10-12-15)13-24-25-20(26)17-6-2-4-8-19(17)23/h1-13H,(H,25,26). The average molecular weight is 505 g/mol. The second kappa shape index (κ2) is 9.48. The van der Waals surface area contributed by atoms with Crippen LogP contribution < -0.4 is 10.2 Å². The predicted molar refractivity (Wildman–Crippen MR) is 117 cm³/mol. The van der Waals surface area contributed by atoms with Crippen LogP contribution in [0.25, 0.3) is 0 Å². The van der Waals surface area contributed by atoms with Gasteiger partial charge in [-0.25, -0.2) is 10.2 Å². The van der Waals surface area contributed by atoms with Crippen molar-refractivity contribution in [2.45, 2.75) is 0 Å². The summed E-state index contributed by atoms with van der Waals surface area (Å²) in [4.78, 5) is 24.2. The van der Waals surface area contributed by atoms with E-state index < -0.39 is 5.97 Å². The molecule has 5 nitrogen and oxygen atoms in total. The van der Waals surface area contributed by atoms with E-state index in [0.717, 1.165) is 9.13 Å². The zero-order valence-electron chi connectivity index (χ0n) is 14.4. The Kier molecular flexibility index (Phi) is 6.78. The van der Waals surface area contributed by atoms with Gasteiger partial charge in [0.25, 0.3) is 5.91 Å². The summed E-state index contributed by atoms with van der Waals surface area (Å²) in [5.74, 6) is -0.437. The van der Waals surface area contributed by atoms with Crippen molar-refractivity contribution in [3.8, 4) is 5.75 Å². The van der Waals surface area contributed by atoms with E-state index in [9.17, 15) is 9.59 Å². The molecule has 7 heteroatoms. The molecule has 0 unspecified atom stereocenters. The maximum Gasteiger partial charge on any atom is 0.345 e. The lowest BCUT2D eigenvalue weighted by molar-refractivity contribution is 0.0734. The van der Waals surface area contributed by atoms with E-state index >= 15 is 0 Å². The Morgan fingerprint density at radius 2 is 1.57 bits per heavy atom. The molecule has 0 heterocycles. The van der Waals surface area contributed by atoms with E-state index in [0.29, 0.717) is 21.9 Å². The molecule has 3 aromatic rings. The topological polar surface area (TPSA) is 67.8 Å². The number of amides is 1. The van der Waals surface area contributed by atoms with Gasteiger partial charge in [-0.2, -0.15) is 5.10 Å². The van der Waals surface area contributed by atoms with Gasteiger partial charge in [0.05, 0.1) is 22.4 Å². The number of carbonyl (C=O) groups excluding carboxylic acids is 2. The van der Waals surface area contributed by atoms with E-state index in [-0.39, 0.29) is 5.91 Å². The molecule has 0 aliphatic carbocycles. The highest BCUT2D eigenvalue weighted by Crippen LogP contribution is 2.19. The van der Waals surface area contributed by atoms with Crippen LogP contribution >= 0.6 is 34.2 Å². The summed E-state index contributed by atoms with van der Waals surface area (Å²) >= 11 is 8.09. The van der Waals surface area contributed by atoms with Gasteiger partial charge in [0, 0.05) is 3.57 Å². The average Bonchev–Trinajstić information content (AvgIpc) is 2.70. The molecular weight excluding hydrogens is 491 g/mol. The Labute approximate surface area is 180 Å². The van der Waals surface area contributed by atoms with Gasteiger partial charge in [0.2, 0.25) is 0 Å². The van der Waals surface area contributed by atoms with Crippen LogP contribution in [0.5, 0.6) is 5.75 Å². The minimum absolute atomic E-state index is 0.286. The Morgan fingerprint density at radius 3 is 2.25 bits per heavy atom. The SMILES string of the molecule is O=C(Oc1ccc(C=NNC(=O)c2ccccc2I)cc1)c1ccccc1Cl. The van der Waals surface area contributed by atoms with Crippen molar-refractivity contribution < 1.29 is 14.3 Å².